The zero-order chi connectivity index (χ0) is 13.2. The lowest BCUT2D eigenvalue weighted by molar-refractivity contribution is -0.132. The van der Waals surface area contributed by atoms with E-state index in [1.165, 1.54) is 16.2 Å². The SMILES string of the molecule is Cc1nc(N(C)CCC(F)(F)F)sc1C(C)N. The zero-order valence-electron chi connectivity index (χ0n) is 10.0. The Morgan fingerprint density at radius 1 is 1.47 bits per heavy atom. The summed E-state index contributed by atoms with van der Waals surface area (Å²) in [5.74, 6) is 0. The summed E-state index contributed by atoms with van der Waals surface area (Å²) < 4.78 is 36.2. The van der Waals surface area contributed by atoms with Gasteiger partial charge in [0, 0.05) is 24.5 Å². The van der Waals surface area contributed by atoms with Crippen LogP contribution in [0.3, 0.4) is 0 Å². The fourth-order valence-corrected chi connectivity index (χ4v) is 2.38. The highest BCUT2D eigenvalue weighted by Crippen LogP contribution is 2.30. The molecule has 7 heteroatoms. The van der Waals surface area contributed by atoms with Crippen LogP contribution in [0.25, 0.3) is 0 Å². The quantitative estimate of drug-likeness (QED) is 0.912. The van der Waals surface area contributed by atoms with Gasteiger partial charge in [0.15, 0.2) is 5.13 Å². The number of halogens is 3. The summed E-state index contributed by atoms with van der Waals surface area (Å²) in [5.41, 5.74) is 6.53. The van der Waals surface area contributed by atoms with Crippen molar-refractivity contribution < 1.29 is 13.2 Å². The molecule has 0 spiro atoms. The van der Waals surface area contributed by atoms with Crippen LogP contribution in [0.1, 0.15) is 30.0 Å². The molecular formula is C10H16F3N3S. The minimum absolute atomic E-state index is 0.0884. The number of hydrogen-bond acceptors (Lipinski definition) is 4. The van der Waals surface area contributed by atoms with E-state index in [-0.39, 0.29) is 12.6 Å². The maximum Gasteiger partial charge on any atom is 0.390 e. The number of alkyl halides is 3. The van der Waals surface area contributed by atoms with Gasteiger partial charge in [0.05, 0.1) is 12.1 Å². The summed E-state index contributed by atoms with van der Waals surface area (Å²) in [6, 6.07) is -0.141. The minimum atomic E-state index is -4.13. The van der Waals surface area contributed by atoms with Crippen molar-refractivity contribution in [3.63, 3.8) is 0 Å². The Labute approximate surface area is 102 Å². The van der Waals surface area contributed by atoms with Gasteiger partial charge in [-0.05, 0) is 13.8 Å². The molecule has 0 saturated carbocycles. The van der Waals surface area contributed by atoms with Crippen LogP contribution in [-0.2, 0) is 0 Å². The molecule has 0 bridgehead atoms. The summed E-state index contributed by atoms with van der Waals surface area (Å²) in [5, 5.41) is 0.582. The first kappa shape index (κ1) is 14.2. The Kier molecular flexibility index (Phi) is 4.37. The first-order valence-corrected chi connectivity index (χ1v) is 6.03. The number of nitrogens with zero attached hydrogens (tertiary/aromatic N) is 2. The molecule has 1 aromatic heterocycles. The predicted molar refractivity (Wildman–Crippen MR) is 63.4 cm³/mol. The van der Waals surface area contributed by atoms with Gasteiger partial charge in [-0.25, -0.2) is 4.98 Å². The van der Waals surface area contributed by atoms with Crippen LogP contribution >= 0.6 is 11.3 Å². The first-order chi connectivity index (χ1) is 7.70. The maximum absolute atomic E-state index is 12.1. The van der Waals surface area contributed by atoms with Crippen molar-refractivity contribution in [2.75, 3.05) is 18.5 Å². The van der Waals surface area contributed by atoms with Gasteiger partial charge in [-0.3, -0.25) is 0 Å². The Balaban J connectivity index is 2.70. The normalized spacial score (nSPS) is 13.8. The standard InChI is InChI=1S/C10H16F3N3S/c1-6(14)8-7(2)15-9(17-8)16(3)5-4-10(11,12)13/h6H,4-5,14H2,1-3H3. The van der Waals surface area contributed by atoms with Gasteiger partial charge >= 0.3 is 6.18 Å². The third kappa shape index (κ3) is 4.16. The van der Waals surface area contributed by atoms with E-state index in [0.717, 1.165) is 10.6 Å². The number of hydrogen-bond donors (Lipinski definition) is 1. The molecule has 0 radical (unpaired) electrons. The second-order valence-electron chi connectivity index (χ2n) is 4.02. The number of aryl methyl sites for hydroxylation is 1. The maximum atomic E-state index is 12.1. The van der Waals surface area contributed by atoms with Gasteiger partial charge in [-0.2, -0.15) is 13.2 Å². The van der Waals surface area contributed by atoms with Crippen molar-refractivity contribution in [3.05, 3.63) is 10.6 Å². The van der Waals surface area contributed by atoms with E-state index in [9.17, 15) is 13.2 Å². The Hall–Kier alpha value is -0.820. The molecule has 1 rings (SSSR count). The first-order valence-electron chi connectivity index (χ1n) is 5.21. The summed E-state index contributed by atoms with van der Waals surface area (Å²) in [6.07, 6.45) is -4.97. The molecule has 0 saturated heterocycles. The van der Waals surface area contributed by atoms with Gasteiger partial charge in [-0.1, -0.05) is 0 Å². The van der Waals surface area contributed by atoms with Gasteiger partial charge in [0.2, 0.25) is 0 Å². The van der Waals surface area contributed by atoms with Crippen LogP contribution in [0.15, 0.2) is 0 Å². The monoisotopic (exact) mass is 267 g/mol. The van der Waals surface area contributed by atoms with E-state index in [2.05, 4.69) is 4.98 Å². The van der Waals surface area contributed by atoms with Crippen molar-refractivity contribution in [1.82, 2.24) is 4.98 Å². The summed E-state index contributed by atoms with van der Waals surface area (Å²) >= 11 is 1.35. The van der Waals surface area contributed by atoms with E-state index in [1.54, 1.807) is 7.05 Å². The number of rotatable bonds is 4. The van der Waals surface area contributed by atoms with Crippen molar-refractivity contribution in [1.29, 1.82) is 0 Å². The molecule has 1 aromatic rings. The smallest absolute Gasteiger partial charge is 0.351 e. The van der Waals surface area contributed by atoms with Gasteiger partial charge in [0.25, 0.3) is 0 Å². The van der Waals surface area contributed by atoms with Crippen LogP contribution in [0.2, 0.25) is 0 Å². The molecule has 1 unspecified atom stereocenters. The van der Waals surface area contributed by atoms with Crippen molar-refractivity contribution in [2.24, 2.45) is 5.73 Å². The van der Waals surface area contributed by atoms with Gasteiger partial charge < -0.3 is 10.6 Å². The molecule has 0 aliphatic heterocycles. The Morgan fingerprint density at radius 3 is 2.47 bits per heavy atom. The highest BCUT2D eigenvalue weighted by molar-refractivity contribution is 7.15. The molecule has 1 atom stereocenters. The average Bonchev–Trinajstić information content (AvgIpc) is 2.55. The molecule has 17 heavy (non-hydrogen) atoms. The molecule has 0 fully saturated rings. The zero-order valence-corrected chi connectivity index (χ0v) is 10.8. The molecule has 3 nitrogen and oxygen atoms in total. The Bertz CT molecular complexity index is 373. The molecule has 2 N–H and O–H groups in total. The number of aromatic nitrogens is 1. The van der Waals surface area contributed by atoms with Gasteiger partial charge in [0.1, 0.15) is 0 Å². The molecule has 0 aliphatic rings. The Morgan fingerprint density at radius 2 is 2.06 bits per heavy atom. The van der Waals surface area contributed by atoms with Crippen LogP contribution in [0.5, 0.6) is 0 Å². The van der Waals surface area contributed by atoms with Crippen LogP contribution in [0.4, 0.5) is 18.3 Å². The predicted octanol–water partition coefficient (Wildman–Crippen LogP) is 2.86. The number of anilines is 1. The van der Waals surface area contributed by atoms with Crippen molar-refractivity contribution in [2.45, 2.75) is 32.5 Å². The molecule has 0 aliphatic carbocycles. The highest BCUT2D eigenvalue weighted by atomic mass is 32.1. The van der Waals surface area contributed by atoms with E-state index in [4.69, 9.17) is 5.73 Å². The van der Waals surface area contributed by atoms with E-state index >= 15 is 0 Å². The summed E-state index contributed by atoms with van der Waals surface area (Å²) in [7, 11) is 1.61. The average molecular weight is 267 g/mol. The molecule has 0 amide bonds. The lowest BCUT2D eigenvalue weighted by Crippen LogP contribution is -2.23. The van der Waals surface area contributed by atoms with E-state index in [0.29, 0.717) is 5.13 Å². The minimum Gasteiger partial charge on any atom is -0.351 e. The van der Waals surface area contributed by atoms with E-state index < -0.39 is 12.6 Å². The fourth-order valence-electron chi connectivity index (χ4n) is 1.37. The highest BCUT2D eigenvalue weighted by Gasteiger charge is 2.27. The second-order valence-corrected chi connectivity index (χ2v) is 5.03. The lowest BCUT2D eigenvalue weighted by atomic mass is 10.2. The summed E-state index contributed by atoms with van der Waals surface area (Å²) in [6.45, 7) is 3.56. The molecule has 1 heterocycles. The molecule has 0 aromatic carbocycles. The fraction of sp³-hybridized carbons (Fsp3) is 0.700. The lowest BCUT2D eigenvalue weighted by Gasteiger charge is -2.16. The van der Waals surface area contributed by atoms with E-state index in [1.807, 2.05) is 13.8 Å². The third-order valence-electron chi connectivity index (χ3n) is 2.29. The van der Waals surface area contributed by atoms with Crippen LogP contribution < -0.4 is 10.6 Å². The largest absolute Gasteiger partial charge is 0.390 e. The van der Waals surface area contributed by atoms with Gasteiger partial charge in [-0.15, -0.1) is 11.3 Å². The second kappa shape index (κ2) is 5.22. The van der Waals surface area contributed by atoms with Crippen LogP contribution in [-0.4, -0.2) is 24.8 Å². The molecule has 98 valence electrons. The summed E-state index contributed by atoms with van der Waals surface area (Å²) in [4.78, 5) is 6.66. The van der Waals surface area contributed by atoms with Crippen LogP contribution in [0, 0.1) is 6.92 Å². The number of thiazole rings is 1. The third-order valence-corrected chi connectivity index (χ3v) is 3.76. The van der Waals surface area contributed by atoms with Crippen molar-refractivity contribution >= 4 is 16.5 Å². The number of nitrogens with two attached hydrogens (primary N) is 1. The topological polar surface area (TPSA) is 42.2 Å². The molecular weight excluding hydrogens is 251 g/mol. The van der Waals surface area contributed by atoms with Crippen molar-refractivity contribution in [3.8, 4) is 0 Å².